The van der Waals surface area contributed by atoms with E-state index < -0.39 is 28.3 Å². The molecule has 0 aliphatic heterocycles. The van der Waals surface area contributed by atoms with E-state index in [1.54, 1.807) is 0 Å². The Morgan fingerprint density at radius 2 is 1.50 bits per heavy atom. The maximum Gasteiger partial charge on any atom is 0.194 e. The van der Waals surface area contributed by atoms with E-state index in [0.717, 1.165) is 25.7 Å². The van der Waals surface area contributed by atoms with Crippen molar-refractivity contribution in [3.05, 3.63) is 12.2 Å². The van der Waals surface area contributed by atoms with Crippen LogP contribution in [0.25, 0.3) is 0 Å². The molecule has 0 bridgehead atoms. The SMILES string of the molecule is C/C=C/C(C#N)(O[Si](C)(C)C(C)(C)C)C(C)CC(=O)C(CCCCCC)O[Si](C)(C)C(C)(C)C. The van der Waals surface area contributed by atoms with Crippen LogP contribution in [0.1, 0.15) is 101 Å². The molecule has 4 nitrogen and oxygen atoms in total. The van der Waals surface area contributed by atoms with Gasteiger partial charge in [0.15, 0.2) is 28.0 Å². The number of unbranched alkanes of at least 4 members (excludes halogenated alkanes) is 3. The fourth-order valence-electron chi connectivity index (χ4n) is 3.45. The van der Waals surface area contributed by atoms with Gasteiger partial charge in [0.25, 0.3) is 0 Å². The zero-order chi connectivity index (χ0) is 27.0. The second-order valence-electron chi connectivity index (χ2n) is 13.1. The number of Topliss-reactive ketones (excluding diaryl/α,β-unsaturated/α-hetero) is 1. The molecule has 0 aromatic carbocycles. The topological polar surface area (TPSA) is 59.3 Å². The van der Waals surface area contributed by atoms with Crippen molar-refractivity contribution < 1.29 is 13.6 Å². The lowest BCUT2D eigenvalue weighted by atomic mass is 9.84. The van der Waals surface area contributed by atoms with Crippen molar-refractivity contribution in [3.8, 4) is 6.07 Å². The molecule has 0 amide bonds. The molecule has 34 heavy (non-hydrogen) atoms. The first-order chi connectivity index (χ1) is 15.3. The Morgan fingerprint density at radius 3 is 1.91 bits per heavy atom. The molecule has 0 fully saturated rings. The molecular formula is C28H55NO3Si2. The Kier molecular flexibility index (Phi) is 12.7. The zero-order valence-corrected chi connectivity index (χ0v) is 26.7. The largest absolute Gasteiger partial charge is 0.407 e. The Morgan fingerprint density at radius 1 is 0.971 bits per heavy atom. The summed E-state index contributed by atoms with van der Waals surface area (Å²) in [5.74, 6) is -0.159. The molecule has 0 heterocycles. The van der Waals surface area contributed by atoms with Gasteiger partial charge in [-0.3, -0.25) is 4.79 Å². The van der Waals surface area contributed by atoms with E-state index in [2.05, 4.69) is 80.7 Å². The van der Waals surface area contributed by atoms with Crippen LogP contribution in [0.2, 0.25) is 36.3 Å². The van der Waals surface area contributed by atoms with E-state index >= 15 is 0 Å². The van der Waals surface area contributed by atoms with E-state index in [9.17, 15) is 10.1 Å². The summed E-state index contributed by atoms with van der Waals surface area (Å²) in [6.45, 7) is 28.0. The summed E-state index contributed by atoms with van der Waals surface area (Å²) < 4.78 is 13.4. The number of carbonyl (C=O) groups is 1. The van der Waals surface area contributed by atoms with Crippen LogP contribution in [-0.2, 0) is 13.6 Å². The average Bonchev–Trinajstić information content (AvgIpc) is 2.67. The maximum atomic E-state index is 13.7. The van der Waals surface area contributed by atoms with Gasteiger partial charge in [0.1, 0.15) is 12.2 Å². The standard InChI is InChI=1S/C28H55NO3Si2/c1-14-16-17-18-19-25(31-33(10,11)26(4,5)6)24(30)21-23(3)28(22-29,20-15-2)32-34(12,13)27(7,8)9/h15,20,23,25H,14,16-19,21H2,1-13H3/b20-15+. The van der Waals surface area contributed by atoms with Gasteiger partial charge < -0.3 is 8.85 Å². The van der Waals surface area contributed by atoms with E-state index in [4.69, 9.17) is 8.85 Å². The molecule has 3 atom stereocenters. The predicted octanol–water partition coefficient (Wildman–Crippen LogP) is 8.80. The summed E-state index contributed by atoms with van der Waals surface area (Å²) in [4.78, 5) is 13.7. The minimum absolute atomic E-state index is 0.0341. The number of hydrogen-bond acceptors (Lipinski definition) is 4. The minimum Gasteiger partial charge on any atom is -0.407 e. The van der Waals surface area contributed by atoms with Crippen molar-refractivity contribution >= 4 is 22.4 Å². The van der Waals surface area contributed by atoms with E-state index in [1.165, 1.54) is 6.42 Å². The van der Waals surface area contributed by atoms with Gasteiger partial charge in [-0.05, 0) is 55.7 Å². The normalized spacial score (nSPS) is 17.3. The van der Waals surface area contributed by atoms with Crippen LogP contribution in [0.15, 0.2) is 12.2 Å². The third kappa shape index (κ3) is 9.37. The molecule has 0 saturated heterocycles. The number of nitrogens with zero attached hydrogens (tertiary/aromatic N) is 1. The van der Waals surface area contributed by atoms with E-state index in [0.29, 0.717) is 0 Å². The molecule has 0 aliphatic carbocycles. The molecule has 3 unspecified atom stereocenters. The van der Waals surface area contributed by atoms with Gasteiger partial charge in [0, 0.05) is 12.3 Å². The highest BCUT2D eigenvalue weighted by Crippen LogP contribution is 2.42. The molecule has 0 aromatic rings. The fourth-order valence-corrected chi connectivity index (χ4v) is 6.23. The molecule has 0 N–H and O–H groups in total. The van der Waals surface area contributed by atoms with Crippen LogP contribution in [0.4, 0.5) is 0 Å². The fraction of sp³-hybridized carbons (Fsp3) is 0.857. The molecule has 0 saturated carbocycles. The molecule has 0 rings (SSSR count). The lowest BCUT2D eigenvalue weighted by Crippen LogP contribution is -2.52. The lowest BCUT2D eigenvalue weighted by molar-refractivity contribution is -0.128. The van der Waals surface area contributed by atoms with Crippen LogP contribution < -0.4 is 0 Å². The molecular weight excluding hydrogens is 454 g/mol. The van der Waals surface area contributed by atoms with Gasteiger partial charge in [0.2, 0.25) is 0 Å². The first kappa shape index (κ1) is 33.3. The molecule has 0 aliphatic rings. The Balaban J connectivity index is 5.93. The third-order valence-corrected chi connectivity index (χ3v) is 16.9. The van der Waals surface area contributed by atoms with Crippen LogP contribution in [-0.4, -0.2) is 34.1 Å². The van der Waals surface area contributed by atoms with Crippen LogP contribution in [0.3, 0.4) is 0 Å². The molecule has 0 aromatic heterocycles. The van der Waals surface area contributed by atoms with Crippen molar-refractivity contribution in [2.24, 2.45) is 5.92 Å². The zero-order valence-electron chi connectivity index (χ0n) is 24.7. The van der Waals surface area contributed by atoms with Gasteiger partial charge in [-0.2, -0.15) is 5.26 Å². The minimum atomic E-state index is -2.24. The van der Waals surface area contributed by atoms with Crippen molar-refractivity contribution in [2.45, 2.75) is 149 Å². The second kappa shape index (κ2) is 13.0. The monoisotopic (exact) mass is 509 g/mol. The maximum absolute atomic E-state index is 13.7. The Bertz CT molecular complexity index is 711. The number of rotatable bonds is 14. The number of hydrogen-bond donors (Lipinski definition) is 0. The molecule has 0 spiro atoms. The highest BCUT2D eigenvalue weighted by Gasteiger charge is 2.48. The van der Waals surface area contributed by atoms with Gasteiger partial charge in [-0.25, -0.2) is 0 Å². The lowest BCUT2D eigenvalue weighted by Gasteiger charge is -2.44. The van der Waals surface area contributed by atoms with Gasteiger partial charge in [-0.1, -0.05) is 87.1 Å². The first-order valence-electron chi connectivity index (χ1n) is 13.3. The number of ketones is 1. The summed E-state index contributed by atoms with van der Waals surface area (Å²) in [5.41, 5.74) is -1.11. The molecule has 0 radical (unpaired) electrons. The van der Waals surface area contributed by atoms with Crippen molar-refractivity contribution in [3.63, 3.8) is 0 Å². The van der Waals surface area contributed by atoms with E-state index in [1.807, 2.05) is 26.0 Å². The van der Waals surface area contributed by atoms with Gasteiger partial charge in [0.05, 0.1) is 0 Å². The van der Waals surface area contributed by atoms with Gasteiger partial charge >= 0.3 is 0 Å². The predicted molar refractivity (Wildman–Crippen MR) is 151 cm³/mol. The average molecular weight is 510 g/mol. The van der Waals surface area contributed by atoms with Crippen LogP contribution in [0.5, 0.6) is 0 Å². The summed E-state index contributed by atoms with van der Waals surface area (Å²) in [6.07, 6.45) is 8.81. The highest BCUT2D eigenvalue weighted by atomic mass is 28.4. The smallest absolute Gasteiger partial charge is 0.194 e. The Labute approximate surface area is 214 Å². The number of carbonyl (C=O) groups excluding carboxylic acids is 1. The van der Waals surface area contributed by atoms with Crippen molar-refractivity contribution in [1.29, 1.82) is 5.26 Å². The molecule has 198 valence electrons. The first-order valence-corrected chi connectivity index (χ1v) is 19.1. The number of nitriles is 1. The summed E-state index contributed by atoms with van der Waals surface area (Å²) >= 11 is 0. The number of allylic oxidation sites excluding steroid dienone is 1. The Hall–Kier alpha value is -0.746. The third-order valence-electron chi connectivity index (χ3n) is 7.98. The summed E-state index contributed by atoms with van der Waals surface area (Å²) in [7, 11) is -4.35. The summed E-state index contributed by atoms with van der Waals surface area (Å²) in [6, 6.07) is 2.46. The van der Waals surface area contributed by atoms with Crippen molar-refractivity contribution in [2.75, 3.05) is 0 Å². The summed E-state index contributed by atoms with van der Waals surface area (Å²) in [5, 5.41) is 10.3. The van der Waals surface area contributed by atoms with Crippen molar-refractivity contribution in [1.82, 2.24) is 0 Å². The van der Waals surface area contributed by atoms with Gasteiger partial charge in [-0.15, -0.1) is 0 Å². The van der Waals surface area contributed by atoms with Crippen LogP contribution in [0, 0.1) is 17.2 Å². The highest BCUT2D eigenvalue weighted by molar-refractivity contribution is 6.74. The van der Waals surface area contributed by atoms with Crippen LogP contribution >= 0.6 is 0 Å². The quantitative estimate of drug-likeness (QED) is 0.133. The molecule has 6 heteroatoms. The second-order valence-corrected chi connectivity index (χ2v) is 22.5. The van der Waals surface area contributed by atoms with E-state index in [-0.39, 0.29) is 28.2 Å².